The van der Waals surface area contributed by atoms with Crippen LogP contribution in [0.25, 0.3) is 0 Å². The summed E-state index contributed by atoms with van der Waals surface area (Å²) in [6.45, 7) is 1.95. The van der Waals surface area contributed by atoms with E-state index in [1.807, 2.05) is 24.3 Å². The van der Waals surface area contributed by atoms with E-state index in [2.05, 4.69) is 12.2 Å². The Morgan fingerprint density at radius 3 is 2.26 bits per heavy atom. The second-order valence-electron chi connectivity index (χ2n) is 8.71. The van der Waals surface area contributed by atoms with Gasteiger partial charge in [0.05, 0.1) is 25.8 Å². The summed E-state index contributed by atoms with van der Waals surface area (Å²) in [5, 5.41) is 2.88. The molecule has 2 aromatic carbocycles. The number of ether oxygens (including phenoxy) is 2. The van der Waals surface area contributed by atoms with Gasteiger partial charge in [-0.05, 0) is 37.0 Å². The van der Waals surface area contributed by atoms with Crippen molar-refractivity contribution >= 4 is 29.2 Å². The van der Waals surface area contributed by atoms with Crippen LogP contribution >= 0.6 is 0 Å². The van der Waals surface area contributed by atoms with Crippen LogP contribution in [0.3, 0.4) is 0 Å². The van der Waals surface area contributed by atoms with Crippen LogP contribution in [-0.2, 0) is 16.0 Å². The summed E-state index contributed by atoms with van der Waals surface area (Å²) in [7, 11) is 3.03. The minimum Gasteiger partial charge on any atom is -0.497 e. The molecule has 4 amide bonds. The molecule has 2 fully saturated rings. The molecule has 0 aromatic heterocycles. The maximum Gasteiger partial charge on any atom is 0.332 e. The van der Waals surface area contributed by atoms with Gasteiger partial charge < -0.3 is 19.7 Å². The number of aryl methyl sites for hydroxylation is 1. The Labute approximate surface area is 199 Å². The van der Waals surface area contributed by atoms with Crippen molar-refractivity contribution < 1.29 is 23.9 Å². The van der Waals surface area contributed by atoms with Crippen LogP contribution < -0.4 is 19.7 Å². The molecule has 4 rings (SSSR count). The molecule has 2 aliphatic rings. The van der Waals surface area contributed by atoms with Gasteiger partial charge in [-0.3, -0.25) is 9.59 Å². The lowest BCUT2D eigenvalue weighted by Gasteiger charge is -2.46. The van der Waals surface area contributed by atoms with E-state index in [4.69, 9.17) is 9.47 Å². The minimum absolute atomic E-state index is 0.125. The number of hydrogen-bond acceptors (Lipinski definition) is 5. The molecule has 8 heteroatoms. The van der Waals surface area contributed by atoms with Crippen molar-refractivity contribution in [1.82, 2.24) is 4.90 Å². The molecule has 8 nitrogen and oxygen atoms in total. The van der Waals surface area contributed by atoms with Gasteiger partial charge in [-0.2, -0.15) is 0 Å². The summed E-state index contributed by atoms with van der Waals surface area (Å²) in [5.41, 5.74) is 2.23. The SMILES string of the molecule is CCc1ccc(NC(=O)CN2C(=O)N(c3cc(OC)cc(OC)c3)C(=O)C3CCCCC32)cc1. The van der Waals surface area contributed by atoms with Crippen molar-refractivity contribution in [2.24, 2.45) is 5.92 Å². The van der Waals surface area contributed by atoms with Crippen molar-refractivity contribution in [3.63, 3.8) is 0 Å². The number of imide groups is 1. The molecule has 1 saturated carbocycles. The highest BCUT2D eigenvalue weighted by atomic mass is 16.5. The van der Waals surface area contributed by atoms with E-state index >= 15 is 0 Å². The Bertz CT molecular complexity index is 1050. The predicted octanol–water partition coefficient (Wildman–Crippen LogP) is 4.23. The Morgan fingerprint density at radius 1 is 1.00 bits per heavy atom. The van der Waals surface area contributed by atoms with Crippen molar-refractivity contribution in [2.75, 3.05) is 31.0 Å². The summed E-state index contributed by atoms with van der Waals surface area (Å²) < 4.78 is 10.7. The van der Waals surface area contributed by atoms with Crippen LogP contribution in [0.1, 0.15) is 38.2 Å². The van der Waals surface area contributed by atoms with E-state index in [0.29, 0.717) is 35.7 Å². The van der Waals surface area contributed by atoms with Crippen LogP contribution in [-0.4, -0.2) is 49.6 Å². The molecule has 2 aromatic rings. The smallest absolute Gasteiger partial charge is 0.332 e. The lowest BCUT2D eigenvalue weighted by molar-refractivity contribution is -0.128. The predicted molar refractivity (Wildman–Crippen MR) is 129 cm³/mol. The third-order valence-corrected chi connectivity index (χ3v) is 6.66. The molecule has 1 aliphatic carbocycles. The van der Waals surface area contributed by atoms with E-state index in [1.165, 1.54) is 24.7 Å². The summed E-state index contributed by atoms with van der Waals surface area (Å²) in [4.78, 5) is 42.7. The summed E-state index contributed by atoms with van der Waals surface area (Å²) in [6.07, 6.45) is 4.14. The van der Waals surface area contributed by atoms with Crippen LogP contribution in [0.4, 0.5) is 16.2 Å². The summed E-state index contributed by atoms with van der Waals surface area (Å²) >= 11 is 0. The second kappa shape index (κ2) is 10.2. The zero-order valence-electron chi connectivity index (χ0n) is 19.9. The van der Waals surface area contributed by atoms with E-state index in [-0.39, 0.29) is 30.3 Å². The van der Waals surface area contributed by atoms with E-state index in [1.54, 1.807) is 23.1 Å². The highest BCUT2D eigenvalue weighted by Crippen LogP contribution is 2.38. The number of urea groups is 1. The molecular formula is C26H31N3O5. The van der Waals surface area contributed by atoms with Gasteiger partial charge in [0.2, 0.25) is 11.8 Å². The molecule has 2 unspecified atom stereocenters. The largest absolute Gasteiger partial charge is 0.497 e. The maximum absolute atomic E-state index is 13.6. The van der Waals surface area contributed by atoms with Gasteiger partial charge >= 0.3 is 6.03 Å². The normalized spacial score (nSPS) is 20.1. The first-order valence-corrected chi connectivity index (χ1v) is 11.7. The minimum atomic E-state index is -0.500. The van der Waals surface area contributed by atoms with Gasteiger partial charge in [-0.15, -0.1) is 0 Å². The third-order valence-electron chi connectivity index (χ3n) is 6.66. The van der Waals surface area contributed by atoms with Gasteiger partial charge in [0.15, 0.2) is 0 Å². The number of fused-ring (bicyclic) bond motifs is 1. The number of anilines is 2. The van der Waals surface area contributed by atoms with Gasteiger partial charge in [-0.25, -0.2) is 9.69 Å². The molecule has 0 spiro atoms. The standard InChI is InChI=1S/C26H31N3O5/c1-4-17-9-11-18(12-10-17)27-24(30)16-28-23-8-6-5-7-22(23)25(31)29(26(28)32)19-13-20(33-2)15-21(14-19)34-3/h9-15,22-23H,4-8,16H2,1-3H3,(H,27,30). The molecule has 1 saturated heterocycles. The highest BCUT2D eigenvalue weighted by Gasteiger charge is 2.48. The molecule has 1 N–H and O–H groups in total. The van der Waals surface area contributed by atoms with Crippen LogP contribution in [0.15, 0.2) is 42.5 Å². The number of hydrogen-bond donors (Lipinski definition) is 1. The molecule has 180 valence electrons. The average Bonchev–Trinajstić information content (AvgIpc) is 2.86. The fraction of sp³-hybridized carbons (Fsp3) is 0.423. The molecule has 1 heterocycles. The fourth-order valence-corrected chi connectivity index (χ4v) is 4.83. The number of methoxy groups -OCH3 is 2. The lowest BCUT2D eigenvalue weighted by Crippen LogP contribution is -2.64. The molecule has 2 atom stereocenters. The van der Waals surface area contributed by atoms with Gasteiger partial charge in [0.25, 0.3) is 0 Å². The number of carbonyl (C=O) groups is 3. The maximum atomic E-state index is 13.6. The van der Waals surface area contributed by atoms with Gasteiger partial charge in [0, 0.05) is 29.9 Å². The monoisotopic (exact) mass is 465 g/mol. The van der Waals surface area contributed by atoms with Crippen molar-refractivity contribution in [2.45, 2.75) is 45.1 Å². The molecular weight excluding hydrogens is 434 g/mol. The Kier molecular flexibility index (Phi) is 7.05. The number of nitrogens with zero attached hydrogens (tertiary/aromatic N) is 2. The molecule has 1 aliphatic heterocycles. The quantitative estimate of drug-likeness (QED) is 0.661. The summed E-state index contributed by atoms with van der Waals surface area (Å²) in [5.74, 6) is 0.0672. The second-order valence-corrected chi connectivity index (χ2v) is 8.71. The van der Waals surface area contributed by atoms with Crippen molar-refractivity contribution in [3.8, 4) is 11.5 Å². The number of nitrogens with one attached hydrogen (secondary N) is 1. The zero-order chi connectivity index (χ0) is 24.2. The van der Waals surface area contributed by atoms with Crippen LogP contribution in [0.5, 0.6) is 11.5 Å². The molecule has 0 radical (unpaired) electrons. The van der Waals surface area contributed by atoms with Gasteiger partial charge in [-0.1, -0.05) is 31.9 Å². The average molecular weight is 466 g/mol. The van der Waals surface area contributed by atoms with Crippen molar-refractivity contribution in [3.05, 3.63) is 48.0 Å². The van der Waals surface area contributed by atoms with Crippen LogP contribution in [0, 0.1) is 5.92 Å². The first-order chi connectivity index (χ1) is 16.4. The zero-order valence-corrected chi connectivity index (χ0v) is 19.9. The van der Waals surface area contributed by atoms with Gasteiger partial charge in [0.1, 0.15) is 18.0 Å². The number of rotatable bonds is 7. The summed E-state index contributed by atoms with van der Waals surface area (Å²) in [6, 6.07) is 11.8. The Hall–Kier alpha value is -3.55. The van der Waals surface area contributed by atoms with Crippen LogP contribution in [0.2, 0.25) is 0 Å². The van der Waals surface area contributed by atoms with Crippen molar-refractivity contribution in [1.29, 1.82) is 0 Å². The molecule has 34 heavy (non-hydrogen) atoms. The Morgan fingerprint density at radius 2 is 1.65 bits per heavy atom. The topological polar surface area (TPSA) is 88.2 Å². The Balaban J connectivity index is 1.61. The molecule has 0 bridgehead atoms. The first-order valence-electron chi connectivity index (χ1n) is 11.7. The highest BCUT2D eigenvalue weighted by molar-refractivity contribution is 6.17. The number of benzene rings is 2. The van der Waals surface area contributed by atoms with E-state index in [9.17, 15) is 14.4 Å². The number of amides is 4. The fourth-order valence-electron chi connectivity index (χ4n) is 4.83. The lowest BCUT2D eigenvalue weighted by atomic mass is 9.81. The van der Waals surface area contributed by atoms with E-state index in [0.717, 1.165) is 19.3 Å². The van der Waals surface area contributed by atoms with E-state index < -0.39 is 6.03 Å². The number of carbonyl (C=O) groups excluding carboxylic acids is 3. The third kappa shape index (κ3) is 4.71. The first kappa shape index (κ1) is 23.6.